The third kappa shape index (κ3) is 3.83. The molecule has 1 aliphatic heterocycles. The summed E-state index contributed by atoms with van der Waals surface area (Å²) in [4.78, 5) is 19.2. The molecule has 28 heavy (non-hydrogen) atoms. The number of esters is 1. The maximum atomic E-state index is 12.0. The number of anilines is 1. The Morgan fingerprint density at radius 3 is 2.57 bits per heavy atom. The van der Waals surface area contributed by atoms with Gasteiger partial charge in [-0.2, -0.15) is 0 Å². The monoisotopic (exact) mass is 394 g/mol. The number of halogens is 1. The van der Waals surface area contributed by atoms with Crippen LogP contribution >= 0.6 is 11.6 Å². The van der Waals surface area contributed by atoms with E-state index in [1.807, 2.05) is 31.2 Å². The minimum absolute atomic E-state index is 0.00119. The molecule has 0 aliphatic carbocycles. The average Bonchev–Trinajstić information content (AvgIpc) is 2.74. The molecule has 1 fully saturated rings. The van der Waals surface area contributed by atoms with Crippen LogP contribution < -0.4 is 4.90 Å². The first-order chi connectivity index (χ1) is 13.7. The van der Waals surface area contributed by atoms with Gasteiger partial charge in [-0.15, -0.1) is 0 Å². The molecule has 0 amide bonds. The van der Waals surface area contributed by atoms with Crippen molar-refractivity contribution in [1.29, 1.82) is 0 Å². The molecule has 2 heterocycles. The zero-order valence-corrected chi connectivity index (χ0v) is 16.7. The number of carbonyl (C=O) groups is 1. The number of ether oxygens (including phenoxy) is 1. The summed E-state index contributed by atoms with van der Waals surface area (Å²) in [5.74, 6) is 0.885. The van der Waals surface area contributed by atoms with Gasteiger partial charge < -0.3 is 9.64 Å². The summed E-state index contributed by atoms with van der Waals surface area (Å²) in [7, 11) is 0. The Balaban J connectivity index is 1.60. The van der Waals surface area contributed by atoms with Gasteiger partial charge in [-0.1, -0.05) is 41.9 Å². The highest BCUT2D eigenvalue weighted by Crippen LogP contribution is 2.31. The lowest BCUT2D eigenvalue weighted by Crippen LogP contribution is -2.37. The van der Waals surface area contributed by atoms with Crippen LogP contribution in [0.1, 0.15) is 19.8 Å². The number of hydrogen-bond acceptors (Lipinski definition) is 4. The molecule has 0 N–H and O–H groups in total. The Morgan fingerprint density at radius 2 is 1.86 bits per heavy atom. The number of pyridine rings is 1. The Kier molecular flexibility index (Phi) is 5.49. The molecule has 0 bridgehead atoms. The fourth-order valence-electron chi connectivity index (χ4n) is 3.78. The second-order valence-electron chi connectivity index (χ2n) is 7.07. The summed E-state index contributed by atoms with van der Waals surface area (Å²) in [5, 5.41) is 1.83. The molecule has 2 aromatic carbocycles. The normalized spacial score (nSPS) is 15.0. The SMILES string of the molecule is CCOC(=O)C1CCN(c2ccc3cccc(-c4ccc(Cl)cc4)c3n2)CC1. The van der Waals surface area contributed by atoms with Gasteiger partial charge in [0.1, 0.15) is 5.82 Å². The van der Waals surface area contributed by atoms with Gasteiger partial charge in [0.25, 0.3) is 0 Å². The zero-order chi connectivity index (χ0) is 19.5. The van der Waals surface area contributed by atoms with E-state index in [4.69, 9.17) is 21.3 Å². The van der Waals surface area contributed by atoms with Crippen molar-refractivity contribution in [3.05, 3.63) is 59.6 Å². The van der Waals surface area contributed by atoms with Crippen LogP contribution in [0.4, 0.5) is 5.82 Å². The fourth-order valence-corrected chi connectivity index (χ4v) is 3.91. The fraction of sp³-hybridized carbons (Fsp3) is 0.304. The van der Waals surface area contributed by atoms with Gasteiger partial charge in [0, 0.05) is 29.1 Å². The van der Waals surface area contributed by atoms with E-state index < -0.39 is 0 Å². The number of aromatic nitrogens is 1. The number of fused-ring (bicyclic) bond motifs is 1. The van der Waals surface area contributed by atoms with Gasteiger partial charge in [-0.3, -0.25) is 4.79 Å². The molecule has 144 valence electrons. The number of carbonyl (C=O) groups excluding carboxylic acids is 1. The van der Waals surface area contributed by atoms with Crippen LogP contribution in [0, 0.1) is 5.92 Å². The highest BCUT2D eigenvalue weighted by atomic mass is 35.5. The van der Waals surface area contributed by atoms with E-state index in [9.17, 15) is 4.79 Å². The van der Waals surface area contributed by atoms with E-state index in [-0.39, 0.29) is 11.9 Å². The third-order valence-electron chi connectivity index (χ3n) is 5.30. The maximum Gasteiger partial charge on any atom is 0.309 e. The Labute approximate surface area is 170 Å². The molecular formula is C23H23ClN2O2. The molecule has 0 saturated carbocycles. The largest absolute Gasteiger partial charge is 0.466 e. The summed E-state index contributed by atoms with van der Waals surface area (Å²) < 4.78 is 5.17. The van der Waals surface area contributed by atoms with E-state index in [2.05, 4.69) is 35.2 Å². The predicted octanol–water partition coefficient (Wildman–Crippen LogP) is 5.33. The van der Waals surface area contributed by atoms with Gasteiger partial charge in [-0.25, -0.2) is 4.98 Å². The standard InChI is InChI=1S/C23H23ClN2O2/c1-2-28-23(27)18-12-14-26(15-13-18)21-11-8-17-4-3-5-20(22(17)25-21)16-6-9-19(24)10-7-16/h3-11,18H,2,12-15H2,1H3. The molecular weight excluding hydrogens is 372 g/mol. The summed E-state index contributed by atoms with van der Waals surface area (Å²) in [6, 6.07) is 18.3. The van der Waals surface area contributed by atoms with Crippen molar-refractivity contribution in [3.63, 3.8) is 0 Å². The lowest BCUT2D eigenvalue weighted by molar-refractivity contribution is -0.148. The van der Waals surface area contributed by atoms with Crippen molar-refractivity contribution >= 4 is 34.3 Å². The van der Waals surface area contributed by atoms with Crippen LogP contribution in [0.25, 0.3) is 22.0 Å². The van der Waals surface area contributed by atoms with Gasteiger partial charge in [-0.05, 0) is 49.6 Å². The van der Waals surface area contributed by atoms with Crippen molar-refractivity contribution in [2.24, 2.45) is 5.92 Å². The maximum absolute atomic E-state index is 12.0. The summed E-state index contributed by atoms with van der Waals surface area (Å²) >= 11 is 6.04. The van der Waals surface area contributed by atoms with Crippen molar-refractivity contribution in [2.75, 3.05) is 24.6 Å². The lowest BCUT2D eigenvalue weighted by Gasteiger charge is -2.31. The molecule has 4 rings (SSSR count). The van der Waals surface area contributed by atoms with Crippen LogP contribution in [-0.2, 0) is 9.53 Å². The first-order valence-electron chi connectivity index (χ1n) is 9.73. The molecule has 0 spiro atoms. The van der Waals surface area contributed by atoms with E-state index in [0.717, 1.165) is 58.8 Å². The highest BCUT2D eigenvalue weighted by Gasteiger charge is 2.26. The Hall–Kier alpha value is -2.59. The van der Waals surface area contributed by atoms with E-state index >= 15 is 0 Å². The molecule has 1 saturated heterocycles. The molecule has 0 unspecified atom stereocenters. The quantitative estimate of drug-likeness (QED) is 0.560. The first-order valence-corrected chi connectivity index (χ1v) is 10.1. The molecule has 4 nitrogen and oxygen atoms in total. The minimum atomic E-state index is -0.0707. The Bertz CT molecular complexity index is 980. The second kappa shape index (κ2) is 8.19. The number of benzene rings is 2. The number of para-hydroxylation sites is 1. The van der Waals surface area contributed by atoms with Crippen molar-refractivity contribution in [3.8, 4) is 11.1 Å². The van der Waals surface area contributed by atoms with Crippen LogP contribution in [0.3, 0.4) is 0 Å². The topological polar surface area (TPSA) is 42.4 Å². The smallest absolute Gasteiger partial charge is 0.309 e. The van der Waals surface area contributed by atoms with Gasteiger partial charge in [0.05, 0.1) is 18.0 Å². The summed E-state index contributed by atoms with van der Waals surface area (Å²) in [6.45, 7) is 3.92. The molecule has 0 radical (unpaired) electrons. The van der Waals surface area contributed by atoms with Crippen LogP contribution in [0.2, 0.25) is 5.02 Å². The number of rotatable bonds is 4. The highest BCUT2D eigenvalue weighted by molar-refractivity contribution is 6.30. The molecule has 1 aliphatic rings. The van der Waals surface area contributed by atoms with Crippen LogP contribution in [0.15, 0.2) is 54.6 Å². The van der Waals surface area contributed by atoms with Gasteiger partial charge >= 0.3 is 5.97 Å². The predicted molar refractivity (Wildman–Crippen MR) is 114 cm³/mol. The van der Waals surface area contributed by atoms with Crippen molar-refractivity contribution in [2.45, 2.75) is 19.8 Å². The summed E-state index contributed by atoms with van der Waals surface area (Å²) in [6.07, 6.45) is 1.61. The first kappa shape index (κ1) is 18.8. The van der Waals surface area contributed by atoms with E-state index in [0.29, 0.717) is 6.61 Å². The number of hydrogen-bond donors (Lipinski definition) is 0. The van der Waals surface area contributed by atoms with Crippen LogP contribution in [-0.4, -0.2) is 30.6 Å². The second-order valence-corrected chi connectivity index (χ2v) is 7.50. The lowest BCUT2D eigenvalue weighted by atomic mass is 9.97. The van der Waals surface area contributed by atoms with Crippen LogP contribution in [0.5, 0.6) is 0 Å². The van der Waals surface area contributed by atoms with E-state index in [1.54, 1.807) is 0 Å². The number of nitrogens with zero attached hydrogens (tertiary/aromatic N) is 2. The number of piperidine rings is 1. The molecule has 1 aromatic heterocycles. The van der Waals surface area contributed by atoms with E-state index in [1.165, 1.54) is 0 Å². The van der Waals surface area contributed by atoms with Crippen molar-refractivity contribution in [1.82, 2.24) is 4.98 Å². The molecule has 0 atom stereocenters. The third-order valence-corrected chi connectivity index (χ3v) is 5.55. The molecule has 3 aromatic rings. The minimum Gasteiger partial charge on any atom is -0.466 e. The average molecular weight is 395 g/mol. The van der Waals surface area contributed by atoms with Crippen molar-refractivity contribution < 1.29 is 9.53 Å². The van der Waals surface area contributed by atoms with Gasteiger partial charge in [0.15, 0.2) is 0 Å². The van der Waals surface area contributed by atoms with Gasteiger partial charge in [0.2, 0.25) is 0 Å². The Morgan fingerprint density at radius 1 is 1.11 bits per heavy atom. The summed E-state index contributed by atoms with van der Waals surface area (Å²) in [5.41, 5.74) is 3.17. The molecule has 5 heteroatoms. The zero-order valence-electron chi connectivity index (χ0n) is 15.9.